The van der Waals surface area contributed by atoms with E-state index in [4.69, 9.17) is 14.1 Å². The van der Waals surface area contributed by atoms with Gasteiger partial charge in [-0.25, -0.2) is 4.98 Å². The predicted octanol–water partition coefficient (Wildman–Crippen LogP) is 4.70. The van der Waals surface area contributed by atoms with Crippen molar-refractivity contribution in [3.63, 3.8) is 0 Å². The Bertz CT molecular complexity index is 1300. The zero-order chi connectivity index (χ0) is 23.5. The van der Waals surface area contributed by atoms with Crippen LogP contribution in [0, 0.1) is 6.92 Å². The summed E-state index contributed by atoms with van der Waals surface area (Å²) < 4.78 is 13.0. The average molecular weight is 457 g/mol. The summed E-state index contributed by atoms with van der Waals surface area (Å²) >= 11 is 0. The van der Waals surface area contributed by atoms with Crippen molar-refractivity contribution in [3.05, 3.63) is 106 Å². The quantitative estimate of drug-likeness (QED) is 0.402. The molecule has 2 aromatic carbocycles. The molecule has 0 unspecified atom stereocenters. The second-order valence-corrected chi connectivity index (χ2v) is 8.42. The number of ether oxygens (including phenoxy) is 1. The molecule has 5 rings (SSSR count). The highest BCUT2D eigenvalue weighted by atomic mass is 16.5. The standard InChI is InChI=1S/C27H28N4O3/c1-3-33-23-13-11-22(12-14-23)30-18-29(17-24-10-7-15-34-24)19-31-26(32)25(20(2)28-27(30)31)16-21-8-5-4-6-9-21/h4-15H,3,16-19H2,1-2H3. The molecule has 0 saturated carbocycles. The van der Waals surface area contributed by atoms with Gasteiger partial charge >= 0.3 is 0 Å². The minimum Gasteiger partial charge on any atom is -0.494 e. The van der Waals surface area contributed by atoms with Crippen LogP contribution < -0.4 is 15.2 Å². The van der Waals surface area contributed by atoms with Crippen molar-refractivity contribution in [1.82, 2.24) is 14.5 Å². The lowest BCUT2D eigenvalue weighted by Crippen LogP contribution is -2.47. The molecule has 0 atom stereocenters. The maximum Gasteiger partial charge on any atom is 0.259 e. The van der Waals surface area contributed by atoms with Crippen LogP contribution in [0.5, 0.6) is 5.75 Å². The predicted molar refractivity (Wildman–Crippen MR) is 131 cm³/mol. The first-order chi connectivity index (χ1) is 16.6. The summed E-state index contributed by atoms with van der Waals surface area (Å²) in [5, 5.41) is 0. The molecule has 0 N–H and O–H groups in total. The highest BCUT2D eigenvalue weighted by Crippen LogP contribution is 2.30. The van der Waals surface area contributed by atoms with Crippen LogP contribution >= 0.6 is 0 Å². The molecule has 0 fully saturated rings. The number of anilines is 2. The van der Waals surface area contributed by atoms with E-state index in [1.54, 1.807) is 10.8 Å². The Morgan fingerprint density at radius 3 is 2.50 bits per heavy atom. The summed E-state index contributed by atoms with van der Waals surface area (Å²) in [5.41, 5.74) is 3.52. The van der Waals surface area contributed by atoms with E-state index in [0.717, 1.165) is 34.0 Å². The van der Waals surface area contributed by atoms with Gasteiger partial charge in [0.15, 0.2) is 0 Å². The normalized spacial score (nSPS) is 13.6. The van der Waals surface area contributed by atoms with Gasteiger partial charge in [0, 0.05) is 17.7 Å². The number of rotatable bonds is 7. The Morgan fingerprint density at radius 2 is 1.79 bits per heavy atom. The van der Waals surface area contributed by atoms with Gasteiger partial charge in [-0.2, -0.15) is 0 Å². The minimum absolute atomic E-state index is 0.00793. The van der Waals surface area contributed by atoms with Crippen LogP contribution in [0.3, 0.4) is 0 Å². The number of benzene rings is 2. The summed E-state index contributed by atoms with van der Waals surface area (Å²) in [5.74, 6) is 2.32. The zero-order valence-electron chi connectivity index (χ0n) is 19.5. The van der Waals surface area contributed by atoms with E-state index >= 15 is 0 Å². The molecule has 0 bridgehead atoms. The largest absolute Gasteiger partial charge is 0.494 e. The maximum atomic E-state index is 13.7. The Morgan fingerprint density at radius 1 is 1.00 bits per heavy atom. The van der Waals surface area contributed by atoms with Gasteiger partial charge in [-0.05, 0) is 55.8 Å². The third kappa shape index (κ3) is 4.47. The first-order valence-corrected chi connectivity index (χ1v) is 11.5. The summed E-state index contributed by atoms with van der Waals surface area (Å²) in [6, 6.07) is 21.8. The van der Waals surface area contributed by atoms with Crippen LogP contribution in [-0.2, 0) is 19.6 Å². The molecule has 0 amide bonds. The smallest absolute Gasteiger partial charge is 0.259 e. The molecule has 7 nitrogen and oxygen atoms in total. The molecule has 0 spiro atoms. The lowest BCUT2D eigenvalue weighted by atomic mass is 10.1. The van der Waals surface area contributed by atoms with Gasteiger partial charge in [0.2, 0.25) is 5.95 Å². The van der Waals surface area contributed by atoms with Crippen LogP contribution in [0.2, 0.25) is 0 Å². The SMILES string of the molecule is CCOc1ccc(N2CN(Cc3ccco3)Cn3c2nc(C)c(Cc2ccccc2)c3=O)cc1. The van der Waals surface area contributed by atoms with Gasteiger partial charge in [-0.3, -0.25) is 19.2 Å². The minimum atomic E-state index is -0.00793. The molecule has 7 heteroatoms. The van der Waals surface area contributed by atoms with Crippen molar-refractivity contribution in [2.45, 2.75) is 33.5 Å². The van der Waals surface area contributed by atoms with Gasteiger partial charge in [0.1, 0.15) is 11.5 Å². The molecule has 1 aliphatic heterocycles. The van der Waals surface area contributed by atoms with Crippen LogP contribution in [0.1, 0.15) is 29.5 Å². The first-order valence-electron chi connectivity index (χ1n) is 11.5. The van der Waals surface area contributed by atoms with Crippen molar-refractivity contribution in [3.8, 4) is 5.75 Å². The van der Waals surface area contributed by atoms with E-state index in [0.29, 0.717) is 38.9 Å². The number of furan rings is 1. The molecule has 1 aliphatic rings. The van der Waals surface area contributed by atoms with Crippen molar-refractivity contribution < 1.29 is 9.15 Å². The number of nitrogens with zero attached hydrogens (tertiary/aromatic N) is 4. The van der Waals surface area contributed by atoms with Crippen molar-refractivity contribution >= 4 is 11.6 Å². The van der Waals surface area contributed by atoms with Crippen molar-refractivity contribution in [1.29, 1.82) is 0 Å². The van der Waals surface area contributed by atoms with Crippen molar-refractivity contribution in [2.24, 2.45) is 0 Å². The lowest BCUT2D eigenvalue weighted by Gasteiger charge is -2.38. The molecule has 0 radical (unpaired) electrons. The summed E-state index contributed by atoms with van der Waals surface area (Å²) in [4.78, 5) is 22.9. The van der Waals surface area contributed by atoms with E-state index in [2.05, 4.69) is 9.80 Å². The number of hydrogen-bond donors (Lipinski definition) is 0. The highest BCUT2D eigenvalue weighted by molar-refractivity contribution is 5.59. The third-order valence-electron chi connectivity index (χ3n) is 6.02. The van der Waals surface area contributed by atoms with Gasteiger partial charge in [0.05, 0.1) is 38.4 Å². The Kier molecular flexibility index (Phi) is 6.18. The fraction of sp³-hybridized carbons (Fsp3) is 0.259. The molecular weight excluding hydrogens is 428 g/mol. The molecule has 0 aliphatic carbocycles. The molecule has 2 aromatic heterocycles. The number of aromatic nitrogens is 2. The fourth-order valence-corrected chi connectivity index (χ4v) is 4.34. The van der Waals surface area contributed by atoms with E-state index in [-0.39, 0.29) is 5.56 Å². The van der Waals surface area contributed by atoms with Crippen LogP contribution in [0.15, 0.2) is 82.2 Å². The third-order valence-corrected chi connectivity index (χ3v) is 6.02. The molecule has 3 heterocycles. The Balaban J connectivity index is 1.55. The van der Waals surface area contributed by atoms with Crippen LogP contribution in [-0.4, -0.2) is 27.7 Å². The van der Waals surface area contributed by atoms with Gasteiger partial charge in [0.25, 0.3) is 5.56 Å². The monoisotopic (exact) mass is 456 g/mol. The molecule has 4 aromatic rings. The maximum absolute atomic E-state index is 13.7. The molecular formula is C27H28N4O3. The number of aryl methyl sites for hydroxylation is 1. The number of hydrogen-bond acceptors (Lipinski definition) is 6. The summed E-state index contributed by atoms with van der Waals surface area (Å²) in [6.45, 7) is 6.12. The van der Waals surface area contributed by atoms with Gasteiger partial charge in [-0.15, -0.1) is 0 Å². The molecule has 0 saturated heterocycles. The second kappa shape index (κ2) is 9.57. The van der Waals surface area contributed by atoms with Crippen molar-refractivity contribution in [2.75, 3.05) is 18.2 Å². The highest BCUT2D eigenvalue weighted by Gasteiger charge is 2.28. The number of fused-ring (bicyclic) bond motifs is 1. The average Bonchev–Trinajstić information content (AvgIpc) is 3.36. The Labute approximate surface area is 198 Å². The molecule has 174 valence electrons. The zero-order valence-corrected chi connectivity index (χ0v) is 19.5. The van der Waals surface area contributed by atoms with Gasteiger partial charge in [-0.1, -0.05) is 30.3 Å². The van der Waals surface area contributed by atoms with Crippen LogP contribution in [0.4, 0.5) is 11.6 Å². The van der Waals surface area contributed by atoms with E-state index < -0.39 is 0 Å². The second-order valence-electron chi connectivity index (χ2n) is 8.42. The van der Waals surface area contributed by atoms with Crippen LogP contribution in [0.25, 0.3) is 0 Å². The Hall–Kier alpha value is -3.84. The summed E-state index contributed by atoms with van der Waals surface area (Å²) in [7, 11) is 0. The first kappa shape index (κ1) is 22.0. The van der Waals surface area contributed by atoms with Gasteiger partial charge < -0.3 is 9.15 Å². The molecule has 34 heavy (non-hydrogen) atoms. The van der Waals surface area contributed by atoms with E-state index in [1.165, 1.54) is 0 Å². The fourth-order valence-electron chi connectivity index (χ4n) is 4.34. The summed E-state index contributed by atoms with van der Waals surface area (Å²) in [6.07, 6.45) is 2.23. The van der Waals surface area contributed by atoms with E-state index in [1.807, 2.05) is 80.6 Å². The van der Waals surface area contributed by atoms with E-state index in [9.17, 15) is 4.79 Å². The lowest BCUT2D eigenvalue weighted by molar-refractivity contribution is 0.176. The topological polar surface area (TPSA) is 63.7 Å².